The first kappa shape index (κ1) is 16.7. The lowest BCUT2D eigenvalue weighted by molar-refractivity contribution is 0.119. The largest absolute Gasteiger partial charge is 0.495 e. The molecule has 0 aromatic heterocycles. The first-order valence-corrected chi connectivity index (χ1v) is 8.13. The zero-order chi connectivity index (χ0) is 15.9. The molecule has 0 N–H and O–H groups in total. The maximum atomic E-state index is 5.56. The van der Waals surface area contributed by atoms with E-state index in [4.69, 9.17) is 14.2 Å². The Labute approximate surface area is 136 Å². The van der Waals surface area contributed by atoms with E-state index in [0.717, 1.165) is 27.7 Å². The SMILES string of the molecule is COc1cc(C(C)OC)cc(OC)c1SCc1ccccc1. The molecular formula is C18H22O3S. The van der Waals surface area contributed by atoms with Gasteiger partial charge in [0.2, 0.25) is 0 Å². The number of hydrogen-bond donors (Lipinski definition) is 0. The van der Waals surface area contributed by atoms with Crippen LogP contribution >= 0.6 is 11.8 Å². The monoisotopic (exact) mass is 318 g/mol. The van der Waals surface area contributed by atoms with Crippen molar-refractivity contribution < 1.29 is 14.2 Å². The van der Waals surface area contributed by atoms with E-state index in [1.165, 1.54) is 5.56 Å². The van der Waals surface area contributed by atoms with Crippen LogP contribution in [-0.2, 0) is 10.5 Å². The van der Waals surface area contributed by atoms with E-state index in [2.05, 4.69) is 12.1 Å². The van der Waals surface area contributed by atoms with E-state index in [1.54, 1.807) is 33.1 Å². The van der Waals surface area contributed by atoms with Gasteiger partial charge in [0.1, 0.15) is 11.5 Å². The topological polar surface area (TPSA) is 27.7 Å². The van der Waals surface area contributed by atoms with Crippen molar-refractivity contribution in [2.24, 2.45) is 0 Å². The van der Waals surface area contributed by atoms with Gasteiger partial charge >= 0.3 is 0 Å². The molecule has 0 bridgehead atoms. The fraction of sp³-hybridized carbons (Fsp3) is 0.333. The Morgan fingerprint density at radius 2 is 1.55 bits per heavy atom. The molecule has 0 spiro atoms. The van der Waals surface area contributed by atoms with E-state index >= 15 is 0 Å². The molecule has 0 aliphatic heterocycles. The Bertz CT molecular complexity index is 574. The van der Waals surface area contributed by atoms with Crippen LogP contribution in [0.15, 0.2) is 47.4 Å². The van der Waals surface area contributed by atoms with Gasteiger partial charge in [-0.1, -0.05) is 30.3 Å². The molecule has 0 amide bonds. The second kappa shape index (κ2) is 8.11. The van der Waals surface area contributed by atoms with Gasteiger partial charge in [0.25, 0.3) is 0 Å². The Morgan fingerprint density at radius 3 is 2.05 bits per heavy atom. The van der Waals surface area contributed by atoms with Gasteiger partial charge in [0, 0.05) is 12.9 Å². The molecule has 118 valence electrons. The van der Waals surface area contributed by atoms with Gasteiger partial charge in [0.05, 0.1) is 25.2 Å². The van der Waals surface area contributed by atoms with E-state index < -0.39 is 0 Å². The van der Waals surface area contributed by atoms with Crippen molar-refractivity contribution in [3.63, 3.8) is 0 Å². The summed E-state index contributed by atoms with van der Waals surface area (Å²) in [5.74, 6) is 2.51. The molecule has 22 heavy (non-hydrogen) atoms. The number of ether oxygens (including phenoxy) is 3. The summed E-state index contributed by atoms with van der Waals surface area (Å²) in [5.41, 5.74) is 2.31. The van der Waals surface area contributed by atoms with Crippen LogP contribution < -0.4 is 9.47 Å². The van der Waals surface area contributed by atoms with Crippen LogP contribution in [0.3, 0.4) is 0 Å². The van der Waals surface area contributed by atoms with Gasteiger partial charge in [-0.05, 0) is 30.2 Å². The summed E-state index contributed by atoms with van der Waals surface area (Å²) in [6.07, 6.45) is -0.00373. The lowest BCUT2D eigenvalue weighted by Gasteiger charge is -2.17. The quantitative estimate of drug-likeness (QED) is 0.691. The molecule has 0 saturated heterocycles. The fourth-order valence-corrected chi connectivity index (χ4v) is 3.22. The number of hydrogen-bond acceptors (Lipinski definition) is 4. The summed E-state index contributed by atoms with van der Waals surface area (Å²) in [5, 5.41) is 0. The molecule has 2 aromatic carbocycles. The minimum atomic E-state index is -0.00373. The number of thioether (sulfide) groups is 1. The summed E-state index contributed by atoms with van der Waals surface area (Å²) in [4.78, 5) is 1.01. The van der Waals surface area contributed by atoms with E-state index in [9.17, 15) is 0 Å². The van der Waals surface area contributed by atoms with Crippen LogP contribution in [0.25, 0.3) is 0 Å². The van der Waals surface area contributed by atoms with Gasteiger partial charge < -0.3 is 14.2 Å². The normalized spacial score (nSPS) is 12.0. The average Bonchev–Trinajstić information content (AvgIpc) is 2.59. The van der Waals surface area contributed by atoms with Crippen molar-refractivity contribution in [3.05, 3.63) is 53.6 Å². The zero-order valence-electron chi connectivity index (χ0n) is 13.5. The summed E-state index contributed by atoms with van der Waals surface area (Å²) in [6, 6.07) is 14.4. The zero-order valence-corrected chi connectivity index (χ0v) is 14.3. The maximum Gasteiger partial charge on any atom is 0.136 e. The molecule has 1 atom stereocenters. The van der Waals surface area contributed by atoms with Crippen LogP contribution in [-0.4, -0.2) is 21.3 Å². The Kier molecular flexibility index (Phi) is 6.16. The fourth-order valence-electron chi connectivity index (χ4n) is 2.14. The van der Waals surface area contributed by atoms with Gasteiger partial charge in [0.15, 0.2) is 0 Å². The average molecular weight is 318 g/mol. The molecule has 0 aliphatic rings. The molecular weight excluding hydrogens is 296 g/mol. The molecule has 2 rings (SSSR count). The van der Waals surface area contributed by atoms with Crippen LogP contribution in [0.5, 0.6) is 11.5 Å². The number of rotatable bonds is 7. The Morgan fingerprint density at radius 1 is 0.955 bits per heavy atom. The van der Waals surface area contributed by atoms with Crippen molar-refractivity contribution in [1.82, 2.24) is 0 Å². The summed E-state index contributed by atoms with van der Waals surface area (Å²) < 4.78 is 16.5. The molecule has 1 unspecified atom stereocenters. The Hall–Kier alpha value is -1.65. The minimum absolute atomic E-state index is 0.00373. The van der Waals surface area contributed by atoms with Gasteiger partial charge in [-0.2, -0.15) is 0 Å². The number of benzene rings is 2. The van der Waals surface area contributed by atoms with Crippen molar-refractivity contribution >= 4 is 11.8 Å². The highest BCUT2D eigenvalue weighted by atomic mass is 32.2. The van der Waals surface area contributed by atoms with Crippen LogP contribution in [0, 0.1) is 0 Å². The van der Waals surface area contributed by atoms with Crippen LogP contribution in [0.4, 0.5) is 0 Å². The lowest BCUT2D eigenvalue weighted by atomic mass is 10.1. The highest BCUT2D eigenvalue weighted by molar-refractivity contribution is 7.98. The third-order valence-corrected chi connectivity index (χ3v) is 4.70. The van der Waals surface area contributed by atoms with E-state index in [1.807, 2.05) is 37.3 Å². The second-order valence-corrected chi connectivity index (χ2v) is 5.89. The standard InChI is InChI=1S/C18H22O3S/c1-13(19-2)15-10-16(20-3)18(17(11-15)21-4)22-12-14-8-6-5-7-9-14/h5-11,13H,12H2,1-4H3. The summed E-state index contributed by atoms with van der Waals surface area (Å²) >= 11 is 1.71. The van der Waals surface area contributed by atoms with Gasteiger partial charge in [-0.3, -0.25) is 0 Å². The summed E-state index contributed by atoms with van der Waals surface area (Å²) in [7, 11) is 5.06. The van der Waals surface area contributed by atoms with E-state index in [0.29, 0.717) is 0 Å². The Balaban J connectivity index is 2.29. The molecule has 0 radical (unpaired) electrons. The minimum Gasteiger partial charge on any atom is -0.495 e. The van der Waals surface area contributed by atoms with Crippen LogP contribution in [0.1, 0.15) is 24.2 Å². The highest BCUT2D eigenvalue weighted by Crippen LogP contribution is 2.41. The predicted octanol–water partition coefficient (Wildman–Crippen LogP) is 4.70. The molecule has 0 fully saturated rings. The highest BCUT2D eigenvalue weighted by Gasteiger charge is 2.16. The first-order chi connectivity index (χ1) is 10.7. The van der Waals surface area contributed by atoms with E-state index in [-0.39, 0.29) is 6.10 Å². The molecule has 2 aromatic rings. The maximum absolute atomic E-state index is 5.56. The molecule has 0 saturated carbocycles. The molecule has 0 heterocycles. The second-order valence-electron chi connectivity index (χ2n) is 4.91. The third-order valence-electron chi connectivity index (χ3n) is 3.53. The summed E-state index contributed by atoms with van der Waals surface area (Å²) in [6.45, 7) is 2.00. The van der Waals surface area contributed by atoms with Gasteiger partial charge in [-0.25, -0.2) is 0 Å². The van der Waals surface area contributed by atoms with Crippen molar-refractivity contribution in [3.8, 4) is 11.5 Å². The lowest BCUT2D eigenvalue weighted by Crippen LogP contribution is -2.00. The molecule has 0 aliphatic carbocycles. The van der Waals surface area contributed by atoms with Gasteiger partial charge in [-0.15, -0.1) is 11.8 Å². The number of methoxy groups -OCH3 is 3. The smallest absolute Gasteiger partial charge is 0.136 e. The predicted molar refractivity (Wildman–Crippen MR) is 91.0 cm³/mol. The van der Waals surface area contributed by atoms with Crippen LogP contribution in [0.2, 0.25) is 0 Å². The molecule has 3 nitrogen and oxygen atoms in total. The van der Waals surface area contributed by atoms with Crippen molar-refractivity contribution in [2.75, 3.05) is 21.3 Å². The molecule has 4 heteroatoms. The third kappa shape index (κ3) is 3.96. The van der Waals surface area contributed by atoms with Crippen molar-refractivity contribution in [1.29, 1.82) is 0 Å². The van der Waals surface area contributed by atoms with Crippen molar-refractivity contribution in [2.45, 2.75) is 23.7 Å². The first-order valence-electron chi connectivity index (χ1n) is 7.15.